The zero-order valence-electron chi connectivity index (χ0n) is 19.0. The number of Topliss-reactive ketones (excluding diaryl/α,β-unsaturated/α-hetero) is 1. The summed E-state index contributed by atoms with van der Waals surface area (Å²) in [7, 11) is 2.88. The molecular weight excluding hydrogens is 412 g/mol. The maximum Gasteiger partial charge on any atom is 0.339 e. The van der Waals surface area contributed by atoms with Crippen LogP contribution in [0, 0.1) is 6.92 Å². The second-order valence-corrected chi connectivity index (χ2v) is 7.96. The molecular formula is C24H30N2O6. The molecule has 0 saturated carbocycles. The lowest BCUT2D eigenvalue weighted by atomic mass is 10.1. The SMILES string of the molecule is COC(=O)c1c(CC(=O)N(Cc2cccc(OC)c2)CC2CCCO2)[nH]c(C(C)=O)c1C. The molecule has 1 aliphatic heterocycles. The largest absolute Gasteiger partial charge is 0.497 e. The normalized spacial score (nSPS) is 15.4. The van der Waals surface area contributed by atoms with Gasteiger partial charge < -0.3 is 24.1 Å². The van der Waals surface area contributed by atoms with Gasteiger partial charge in [0.05, 0.1) is 38.0 Å². The van der Waals surface area contributed by atoms with E-state index in [2.05, 4.69) is 4.98 Å². The molecule has 1 unspecified atom stereocenters. The number of aromatic nitrogens is 1. The van der Waals surface area contributed by atoms with Crippen molar-refractivity contribution in [1.29, 1.82) is 0 Å². The van der Waals surface area contributed by atoms with Gasteiger partial charge in [-0.1, -0.05) is 12.1 Å². The van der Waals surface area contributed by atoms with Crippen molar-refractivity contribution in [3.8, 4) is 5.75 Å². The van der Waals surface area contributed by atoms with E-state index in [9.17, 15) is 14.4 Å². The quantitative estimate of drug-likeness (QED) is 0.473. The maximum atomic E-state index is 13.4. The number of esters is 1. The molecule has 1 N–H and O–H groups in total. The van der Waals surface area contributed by atoms with Gasteiger partial charge in [0.15, 0.2) is 5.78 Å². The van der Waals surface area contributed by atoms with Gasteiger partial charge in [0.1, 0.15) is 5.75 Å². The van der Waals surface area contributed by atoms with E-state index in [4.69, 9.17) is 14.2 Å². The highest BCUT2D eigenvalue weighted by Crippen LogP contribution is 2.23. The molecule has 8 heteroatoms. The number of ether oxygens (including phenoxy) is 3. The van der Waals surface area contributed by atoms with Crippen LogP contribution in [0.1, 0.15) is 57.4 Å². The van der Waals surface area contributed by atoms with Crippen molar-refractivity contribution in [2.24, 2.45) is 0 Å². The topological polar surface area (TPSA) is 97.9 Å². The second-order valence-electron chi connectivity index (χ2n) is 7.96. The summed E-state index contributed by atoms with van der Waals surface area (Å²) in [5, 5.41) is 0. The smallest absolute Gasteiger partial charge is 0.339 e. The highest BCUT2D eigenvalue weighted by Gasteiger charge is 2.28. The van der Waals surface area contributed by atoms with Crippen molar-refractivity contribution in [3.63, 3.8) is 0 Å². The van der Waals surface area contributed by atoms with Crippen LogP contribution in [0.25, 0.3) is 0 Å². The van der Waals surface area contributed by atoms with Crippen LogP contribution in [0.4, 0.5) is 0 Å². The minimum Gasteiger partial charge on any atom is -0.497 e. The van der Waals surface area contributed by atoms with Crippen LogP contribution in [-0.2, 0) is 27.2 Å². The highest BCUT2D eigenvalue weighted by molar-refractivity contribution is 6.01. The number of methoxy groups -OCH3 is 2. The summed E-state index contributed by atoms with van der Waals surface area (Å²) in [4.78, 5) is 42.5. The van der Waals surface area contributed by atoms with Crippen LogP contribution >= 0.6 is 0 Å². The monoisotopic (exact) mass is 442 g/mol. The molecule has 2 aromatic rings. The Morgan fingerprint density at radius 1 is 1.25 bits per heavy atom. The Balaban J connectivity index is 1.88. The average molecular weight is 443 g/mol. The van der Waals surface area contributed by atoms with E-state index in [1.54, 1.807) is 18.9 Å². The number of amides is 1. The first kappa shape index (κ1) is 23.5. The van der Waals surface area contributed by atoms with Gasteiger partial charge in [-0.3, -0.25) is 9.59 Å². The number of rotatable bonds is 9. The summed E-state index contributed by atoms with van der Waals surface area (Å²) in [6.45, 7) is 4.60. The Morgan fingerprint density at radius 3 is 2.66 bits per heavy atom. The van der Waals surface area contributed by atoms with Gasteiger partial charge in [-0.25, -0.2) is 4.79 Å². The molecule has 0 aliphatic carbocycles. The zero-order chi connectivity index (χ0) is 23.3. The lowest BCUT2D eigenvalue weighted by Crippen LogP contribution is -2.38. The van der Waals surface area contributed by atoms with Gasteiger partial charge in [-0.15, -0.1) is 0 Å². The molecule has 0 spiro atoms. The summed E-state index contributed by atoms with van der Waals surface area (Å²) in [6.07, 6.45) is 1.78. The van der Waals surface area contributed by atoms with Crippen molar-refractivity contribution in [1.82, 2.24) is 9.88 Å². The van der Waals surface area contributed by atoms with Crippen LogP contribution in [0.3, 0.4) is 0 Å². The van der Waals surface area contributed by atoms with Gasteiger partial charge in [0.25, 0.3) is 0 Å². The van der Waals surface area contributed by atoms with E-state index in [0.717, 1.165) is 18.4 Å². The van der Waals surface area contributed by atoms with Crippen LogP contribution in [0.15, 0.2) is 24.3 Å². The zero-order valence-corrected chi connectivity index (χ0v) is 19.0. The number of H-pyrrole nitrogens is 1. The van der Waals surface area contributed by atoms with Crippen molar-refractivity contribution < 1.29 is 28.6 Å². The van der Waals surface area contributed by atoms with E-state index in [0.29, 0.717) is 42.4 Å². The van der Waals surface area contributed by atoms with Gasteiger partial charge in [-0.2, -0.15) is 0 Å². The number of benzene rings is 1. The van der Waals surface area contributed by atoms with Crippen LogP contribution in [-0.4, -0.2) is 61.0 Å². The summed E-state index contributed by atoms with van der Waals surface area (Å²) in [5.41, 5.74) is 2.35. The molecule has 3 rings (SSSR count). The Labute approximate surface area is 187 Å². The Morgan fingerprint density at radius 2 is 2.03 bits per heavy atom. The van der Waals surface area contributed by atoms with Crippen LogP contribution in [0.5, 0.6) is 5.75 Å². The molecule has 8 nitrogen and oxygen atoms in total. The van der Waals surface area contributed by atoms with Crippen molar-refractivity contribution >= 4 is 17.7 Å². The predicted octanol–water partition coefficient (Wildman–Crippen LogP) is 3.07. The van der Waals surface area contributed by atoms with Gasteiger partial charge >= 0.3 is 5.97 Å². The molecule has 172 valence electrons. The summed E-state index contributed by atoms with van der Waals surface area (Å²) >= 11 is 0. The van der Waals surface area contributed by atoms with E-state index < -0.39 is 5.97 Å². The summed E-state index contributed by atoms with van der Waals surface area (Å²) in [5.74, 6) is -0.248. The first-order valence-corrected chi connectivity index (χ1v) is 10.7. The maximum absolute atomic E-state index is 13.4. The minimum atomic E-state index is -0.576. The molecule has 0 radical (unpaired) electrons. The number of nitrogens with one attached hydrogen (secondary N) is 1. The molecule has 0 bridgehead atoms. The number of nitrogens with zero attached hydrogens (tertiary/aromatic N) is 1. The van der Waals surface area contributed by atoms with Crippen LogP contribution in [0.2, 0.25) is 0 Å². The summed E-state index contributed by atoms with van der Waals surface area (Å²) in [6, 6.07) is 7.56. The molecule has 1 amide bonds. The third-order valence-electron chi connectivity index (χ3n) is 5.71. The third-order valence-corrected chi connectivity index (χ3v) is 5.71. The molecule has 1 aliphatic rings. The van der Waals surface area contributed by atoms with Crippen molar-refractivity contribution in [2.45, 2.75) is 45.8 Å². The number of hydrogen-bond donors (Lipinski definition) is 1. The standard InChI is InChI=1S/C24H30N2O6/c1-15-22(24(29)31-4)20(25-23(15)16(2)27)12-21(28)26(14-19-9-6-10-32-19)13-17-7-5-8-18(11-17)30-3/h5,7-8,11,19,25H,6,9-10,12-14H2,1-4H3. The number of ketones is 1. The lowest BCUT2D eigenvalue weighted by molar-refractivity contribution is -0.132. The van der Waals surface area contributed by atoms with E-state index in [-0.39, 0.29) is 29.8 Å². The Hall–Kier alpha value is -3.13. The minimum absolute atomic E-state index is 0.0252. The third kappa shape index (κ3) is 5.37. The fraction of sp³-hybridized carbons (Fsp3) is 0.458. The van der Waals surface area contributed by atoms with Gasteiger partial charge in [0, 0.05) is 32.3 Å². The molecule has 1 aromatic carbocycles. The van der Waals surface area contributed by atoms with Gasteiger partial charge in [-0.05, 0) is 43.0 Å². The van der Waals surface area contributed by atoms with Gasteiger partial charge in [0.2, 0.25) is 5.91 Å². The van der Waals surface area contributed by atoms with E-state index >= 15 is 0 Å². The Kier molecular flexibility index (Phi) is 7.69. The number of carbonyl (C=O) groups is 3. The number of aromatic amines is 1. The van der Waals surface area contributed by atoms with E-state index in [1.165, 1.54) is 14.0 Å². The molecule has 1 saturated heterocycles. The fourth-order valence-electron chi connectivity index (χ4n) is 4.06. The first-order valence-electron chi connectivity index (χ1n) is 10.7. The number of carbonyl (C=O) groups excluding carboxylic acids is 3. The van der Waals surface area contributed by atoms with E-state index in [1.807, 2.05) is 24.3 Å². The highest BCUT2D eigenvalue weighted by atomic mass is 16.5. The first-order chi connectivity index (χ1) is 15.3. The second kappa shape index (κ2) is 10.5. The molecule has 1 aromatic heterocycles. The average Bonchev–Trinajstić information content (AvgIpc) is 3.40. The van der Waals surface area contributed by atoms with Crippen LogP contribution < -0.4 is 4.74 Å². The Bertz CT molecular complexity index is 990. The summed E-state index contributed by atoms with van der Waals surface area (Å²) < 4.78 is 16.0. The molecule has 2 heterocycles. The van der Waals surface area contributed by atoms with Crippen molar-refractivity contribution in [2.75, 3.05) is 27.4 Å². The predicted molar refractivity (Wildman–Crippen MR) is 118 cm³/mol. The van der Waals surface area contributed by atoms with Crippen molar-refractivity contribution in [3.05, 3.63) is 52.3 Å². The fourth-order valence-corrected chi connectivity index (χ4v) is 4.06. The molecule has 1 fully saturated rings. The lowest BCUT2D eigenvalue weighted by Gasteiger charge is -2.26. The molecule has 1 atom stereocenters. The molecule has 32 heavy (non-hydrogen) atoms. The number of hydrogen-bond acceptors (Lipinski definition) is 6.